The summed E-state index contributed by atoms with van der Waals surface area (Å²) in [5.74, 6) is -0.567. The summed E-state index contributed by atoms with van der Waals surface area (Å²) in [6, 6.07) is 7.11. The van der Waals surface area contributed by atoms with Crippen LogP contribution in [0.2, 0.25) is 0 Å². The monoisotopic (exact) mass is 300 g/mol. The molecule has 0 aliphatic carbocycles. The maximum atomic E-state index is 11.3. The van der Waals surface area contributed by atoms with E-state index in [9.17, 15) is 8.42 Å². The molecule has 0 radical (unpaired) electrons. The zero-order chi connectivity index (χ0) is 14.8. The van der Waals surface area contributed by atoms with Gasteiger partial charge in [0.1, 0.15) is 0 Å². The third-order valence-corrected chi connectivity index (χ3v) is 3.44. The molecule has 1 aromatic rings. The first-order valence-corrected chi connectivity index (χ1v) is 8.26. The van der Waals surface area contributed by atoms with Crippen LogP contribution in [-0.2, 0) is 19.5 Å². The third-order valence-electron chi connectivity index (χ3n) is 2.85. The number of para-hydroxylation sites is 2. The van der Waals surface area contributed by atoms with Gasteiger partial charge >= 0.3 is 0 Å². The van der Waals surface area contributed by atoms with Crippen molar-refractivity contribution in [1.82, 2.24) is 0 Å². The van der Waals surface area contributed by atoms with Crippen molar-refractivity contribution in [3.8, 4) is 0 Å². The first-order chi connectivity index (χ1) is 9.25. The Morgan fingerprint density at radius 3 is 2.25 bits per heavy atom. The molecule has 7 heteroatoms. The number of nitrogens with one attached hydrogen (secondary N) is 2. The van der Waals surface area contributed by atoms with E-state index in [1.165, 1.54) is 0 Å². The summed E-state index contributed by atoms with van der Waals surface area (Å²) in [6.07, 6.45) is 1.12. The van der Waals surface area contributed by atoms with Crippen LogP contribution < -0.4 is 10.0 Å². The zero-order valence-corrected chi connectivity index (χ0v) is 12.7. The molecule has 112 valence electrons. The average Bonchev–Trinajstić information content (AvgIpc) is 2.32. The number of anilines is 2. The zero-order valence-electron chi connectivity index (χ0n) is 11.8. The first kappa shape index (κ1) is 15.1. The second kappa shape index (κ2) is 5.59. The molecule has 1 aliphatic rings. The average molecular weight is 300 g/mol. The van der Waals surface area contributed by atoms with Crippen molar-refractivity contribution in [1.29, 1.82) is 0 Å². The van der Waals surface area contributed by atoms with Gasteiger partial charge in [-0.2, -0.15) is 0 Å². The van der Waals surface area contributed by atoms with E-state index >= 15 is 0 Å². The van der Waals surface area contributed by atoms with Crippen LogP contribution in [0.4, 0.5) is 11.4 Å². The number of rotatable bonds is 4. The van der Waals surface area contributed by atoms with Gasteiger partial charge in [-0.1, -0.05) is 12.1 Å². The molecular weight excluding hydrogens is 280 g/mol. The first-order valence-electron chi connectivity index (χ1n) is 6.36. The molecule has 0 unspecified atom stereocenters. The molecule has 20 heavy (non-hydrogen) atoms. The highest BCUT2D eigenvalue weighted by atomic mass is 32.2. The van der Waals surface area contributed by atoms with E-state index in [2.05, 4.69) is 10.0 Å². The Labute approximate surface area is 119 Å². The van der Waals surface area contributed by atoms with Gasteiger partial charge < -0.3 is 14.8 Å². The summed E-state index contributed by atoms with van der Waals surface area (Å²) in [7, 11) is -3.31. The predicted molar refractivity (Wildman–Crippen MR) is 78.3 cm³/mol. The second-order valence-corrected chi connectivity index (χ2v) is 7.03. The topological polar surface area (TPSA) is 76.7 Å². The predicted octanol–water partition coefficient (Wildman–Crippen LogP) is 1.62. The molecule has 2 rings (SSSR count). The van der Waals surface area contributed by atoms with Crippen LogP contribution in [0.25, 0.3) is 0 Å². The number of benzene rings is 1. The summed E-state index contributed by atoms with van der Waals surface area (Å²) < 4.78 is 36.3. The molecule has 1 fully saturated rings. The van der Waals surface area contributed by atoms with Crippen molar-refractivity contribution in [3.05, 3.63) is 24.3 Å². The van der Waals surface area contributed by atoms with Crippen molar-refractivity contribution >= 4 is 21.4 Å². The lowest BCUT2D eigenvalue weighted by Gasteiger charge is -2.35. The summed E-state index contributed by atoms with van der Waals surface area (Å²) in [6.45, 7) is 4.73. The van der Waals surface area contributed by atoms with Crippen LogP contribution in [0.1, 0.15) is 13.8 Å². The van der Waals surface area contributed by atoms with E-state index in [1.807, 2.05) is 26.0 Å². The Bertz CT molecular complexity index is 561. The minimum absolute atomic E-state index is 0.0227. The van der Waals surface area contributed by atoms with Gasteiger partial charge in [0, 0.05) is 0 Å². The second-order valence-electron chi connectivity index (χ2n) is 5.28. The molecule has 2 N–H and O–H groups in total. The number of sulfonamides is 1. The van der Waals surface area contributed by atoms with Gasteiger partial charge in [-0.3, -0.25) is 4.72 Å². The molecule has 0 bridgehead atoms. The molecule has 1 heterocycles. The van der Waals surface area contributed by atoms with E-state index in [1.54, 1.807) is 12.1 Å². The number of ether oxygens (including phenoxy) is 2. The number of hydrogen-bond acceptors (Lipinski definition) is 5. The van der Waals surface area contributed by atoms with E-state index in [0.29, 0.717) is 24.6 Å². The van der Waals surface area contributed by atoms with Crippen LogP contribution in [0.15, 0.2) is 24.3 Å². The molecule has 0 atom stereocenters. The molecule has 0 aromatic heterocycles. The van der Waals surface area contributed by atoms with Crippen LogP contribution >= 0.6 is 0 Å². The highest BCUT2D eigenvalue weighted by molar-refractivity contribution is 7.92. The smallest absolute Gasteiger partial charge is 0.229 e. The van der Waals surface area contributed by atoms with Crippen molar-refractivity contribution in [2.45, 2.75) is 25.7 Å². The minimum atomic E-state index is -3.31. The van der Waals surface area contributed by atoms with Crippen molar-refractivity contribution in [2.75, 3.05) is 29.5 Å². The van der Waals surface area contributed by atoms with Crippen LogP contribution in [0.3, 0.4) is 0 Å². The molecule has 1 aromatic carbocycles. The lowest BCUT2D eigenvalue weighted by molar-refractivity contribution is -0.247. The Kier molecular flexibility index (Phi) is 4.22. The van der Waals surface area contributed by atoms with Gasteiger partial charge in [0.15, 0.2) is 5.79 Å². The van der Waals surface area contributed by atoms with Crippen LogP contribution in [0, 0.1) is 0 Å². The quantitative estimate of drug-likeness (QED) is 0.883. The van der Waals surface area contributed by atoms with E-state index < -0.39 is 15.8 Å². The Morgan fingerprint density at radius 1 is 1.15 bits per heavy atom. The summed E-state index contributed by atoms with van der Waals surface area (Å²) >= 11 is 0. The highest BCUT2D eigenvalue weighted by Gasteiger charge is 2.28. The summed E-state index contributed by atoms with van der Waals surface area (Å²) in [5, 5.41) is 3.23. The molecule has 0 saturated carbocycles. The SMILES string of the molecule is CC1(C)OCC(Nc2ccccc2NS(C)(=O)=O)CO1. The van der Waals surface area contributed by atoms with E-state index in [0.717, 1.165) is 6.26 Å². The van der Waals surface area contributed by atoms with Crippen LogP contribution in [0.5, 0.6) is 0 Å². The van der Waals surface area contributed by atoms with Gasteiger partial charge in [0.25, 0.3) is 0 Å². The Hall–Kier alpha value is -1.31. The van der Waals surface area contributed by atoms with Gasteiger partial charge in [-0.25, -0.2) is 8.42 Å². The van der Waals surface area contributed by atoms with E-state index in [-0.39, 0.29) is 6.04 Å². The van der Waals surface area contributed by atoms with Gasteiger partial charge in [0.05, 0.1) is 36.9 Å². The van der Waals surface area contributed by atoms with Crippen molar-refractivity contribution in [2.24, 2.45) is 0 Å². The third kappa shape index (κ3) is 4.36. The molecule has 1 saturated heterocycles. The Balaban J connectivity index is 2.07. The maximum absolute atomic E-state index is 11.3. The summed E-state index contributed by atoms with van der Waals surface area (Å²) in [4.78, 5) is 0. The maximum Gasteiger partial charge on any atom is 0.229 e. The van der Waals surface area contributed by atoms with Crippen molar-refractivity contribution < 1.29 is 17.9 Å². The standard InChI is InChI=1S/C13H20N2O4S/c1-13(2)18-8-10(9-19-13)14-11-6-4-5-7-12(11)15-20(3,16)17/h4-7,10,14-15H,8-9H2,1-3H3. The largest absolute Gasteiger partial charge is 0.376 e. The normalized spacial score (nSPS) is 19.6. The summed E-state index contributed by atoms with van der Waals surface area (Å²) in [5.41, 5.74) is 1.22. The fraction of sp³-hybridized carbons (Fsp3) is 0.538. The van der Waals surface area contributed by atoms with Gasteiger partial charge in [0.2, 0.25) is 10.0 Å². The highest BCUT2D eigenvalue weighted by Crippen LogP contribution is 2.25. The molecule has 6 nitrogen and oxygen atoms in total. The molecular formula is C13H20N2O4S. The minimum Gasteiger partial charge on any atom is -0.376 e. The lowest BCUT2D eigenvalue weighted by atomic mass is 10.2. The molecule has 0 spiro atoms. The fourth-order valence-electron chi connectivity index (χ4n) is 1.89. The van der Waals surface area contributed by atoms with Crippen molar-refractivity contribution in [3.63, 3.8) is 0 Å². The molecule has 1 aliphatic heterocycles. The lowest BCUT2D eigenvalue weighted by Crippen LogP contribution is -2.45. The number of hydrogen-bond donors (Lipinski definition) is 2. The molecule has 0 amide bonds. The fourth-order valence-corrected chi connectivity index (χ4v) is 2.47. The van der Waals surface area contributed by atoms with Gasteiger partial charge in [-0.05, 0) is 26.0 Å². The van der Waals surface area contributed by atoms with E-state index in [4.69, 9.17) is 9.47 Å². The Morgan fingerprint density at radius 2 is 1.70 bits per heavy atom. The van der Waals surface area contributed by atoms with Crippen LogP contribution in [-0.4, -0.2) is 39.7 Å². The van der Waals surface area contributed by atoms with Gasteiger partial charge in [-0.15, -0.1) is 0 Å².